The first kappa shape index (κ1) is 10.1. The summed E-state index contributed by atoms with van der Waals surface area (Å²) in [5.41, 5.74) is 1.81. The molecule has 3 unspecified atom stereocenters. The minimum atomic E-state index is -0.497. The number of alkyl halides is 1. The molecule has 0 nitrogen and oxygen atoms in total. The molecule has 0 heterocycles. The van der Waals surface area contributed by atoms with E-state index in [0.29, 0.717) is 17.3 Å². The molecule has 0 amide bonds. The van der Waals surface area contributed by atoms with E-state index in [1.807, 2.05) is 0 Å². The van der Waals surface area contributed by atoms with Crippen molar-refractivity contribution in [2.45, 2.75) is 43.7 Å². The third kappa shape index (κ3) is 1.34. The highest BCUT2D eigenvalue weighted by Crippen LogP contribution is 2.61. The van der Waals surface area contributed by atoms with Crippen LogP contribution < -0.4 is 0 Å². The van der Waals surface area contributed by atoms with Crippen molar-refractivity contribution >= 4 is 0 Å². The highest BCUT2D eigenvalue weighted by Gasteiger charge is 2.56. The molecule has 0 saturated heterocycles. The van der Waals surface area contributed by atoms with Gasteiger partial charge in [0.15, 0.2) is 0 Å². The van der Waals surface area contributed by atoms with E-state index in [1.165, 1.54) is 12.0 Å². The first-order valence-corrected chi connectivity index (χ1v) is 6.96. The van der Waals surface area contributed by atoms with Gasteiger partial charge in [0.25, 0.3) is 0 Å². The third-order valence-corrected chi connectivity index (χ3v) is 5.54. The van der Waals surface area contributed by atoms with Crippen molar-refractivity contribution in [3.05, 3.63) is 35.9 Å². The van der Waals surface area contributed by atoms with Crippen LogP contribution in [0, 0.1) is 17.8 Å². The summed E-state index contributed by atoms with van der Waals surface area (Å²) in [4.78, 5) is 0. The lowest BCUT2D eigenvalue weighted by Gasteiger charge is -2.58. The lowest BCUT2D eigenvalue weighted by Crippen LogP contribution is -2.54. The molecule has 0 N–H and O–H groups in total. The van der Waals surface area contributed by atoms with Gasteiger partial charge in [-0.05, 0) is 60.8 Å². The molecule has 4 fully saturated rings. The molecule has 5 rings (SSSR count). The summed E-state index contributed by atoms with van der Waals surface area (Å²) >= 11 is 0. The zero-order valence-electron chi connectivity index (χ0n) is 10.1. The maximum atomic E-state index is 14.2. The minimum Gasteiger partial charge on any atom is -0.247 e. The van der Waals surface area contributed by atoms with Gasteiger partial charge in [0.2, 0.25) is 0 Å². The molecule has 1 heteroatoms. The van der Waals surface area contributed by atoms with E-state index in [1.54, 1.807) is 0 Å². The summed E-state index contributed by atoms with van der Waals surface area (Å²) < 4.78 is 14.2. The second kappa shape index (κ2) is 3.34. The first-order valence-electron chi connectivity index (χ1n) is 6.96. The first-order chi connectivity index (χ1) is 8.27. The Morgan fingerprint density at radius 2 is 1.59 bits per heavy atom. The standard InChI is InChI=1S/C16H19F/c17-15-12-6-11-7-13(15)10-16(8-11,9-12)14-4-2-1-3-5-14/h1-5,11-13,15H,6-10H2/t11?,12-,13+,15?,16?. The molecular weight excluding hydrogens is 211 g/mol. The molecule has 17 heavy (non-hydrogen) atoms. The highest BCUT2D eigenvalue weighted by atomic mass is 19.1. The van der Waals surface area contributed by atoms with Gasteiger partial charge in [0.05, 0.1) is 0 Å². The predicted molar refractivity (Wildman–Crippen MR) is 66.6 cm³/mol. The average Bonchev–Trinajstić information content (AvgIpc) is 2.36. The van der Waals surface area contributed by atoms with Crippen molar-refractivity contribution in [3.63, 3.8) is 0 Å². The molecule has 1 aromatic carbocycles. The fraction of sp³-hybridized carbons (Fsp3) is 0.625. The third-order valence-electron chi connectivity index (χ3n) is 5.54. The zero-order valence-corrected chi connectivity index (χ0v) is 10.1. The van der Waals surface area contributed by atoms with Crippen molar-refractivity contribution in [2.75, 3.05) is 0 Å². The molecule has 4 bridgehead atoms. The summed E-state index contributed by atoms with van der Waals surface area (Å²) in [5.74, 6) is 1.53. The van der Waals surface area contributed by atoms with Crippen LogP contribution in [-0.4, -0.2) is 6.17 Å². The van der Waals surface area contributed by atoms with Crippen LogP contribution in [0.4, 0.5) is 4.39 Å². The number of rotatable bonds is 1. The van der Waals surface area contributed by atoms with E-state index in [-0.39, 0.29) is 0 Å². The van der Waals surface area contributed by atoms with Crippen molar-refractivity contribution in [1.82, 2.24) is 0 Å². The Hall–Kier alpha value is -0.850. The van der Waals surface area contributed by atoms with Gasteiger partial charge in [0, 0.05) is 0 Å². The average molecular weight is 230 g/mol. The Kier molecular flexibility index (Phi) is 1.98. The largest absolute Gasteiger partial charge is 0.247 e. The van der Waals surface area contributed by atoms with E-state index < -0.39 is 6.17 Å². The summed E-state index contributed by atoms with van der Waals surface area (Å²) in [6, 6.07) is 10.9. The van der Waals surface area contributed by atoms with Crippen molar-refractivity contribution in [2.24, 2.45) is 17.8 Å². The van der Waals surface area contributed by atoms with Crippen LogP contribution in [0.15, 0.2) is 30.3 Å². The van der Waals surface area contributed by atoms with E-state index in [9.17, 15) is 4.39 Å². The van der Waals surface area contributed by atoms with Crippen LogP contribution in [0.5, 0.6) is 0 Å². The molecule has 4 saturated carbocycles. The second-order valence-corrected chi connectivity index (χ2v) is 6.56. The van der Waals surface area contributed by atoms with E-state index in [4.69, 9.17) is 0 Å². The van der Waals surface area contributed by atoms with Crippen molar-refractivity contribution in [3.8, 4) is 0 Å². The van der Waals surface area contributed by atoms with Crippen LogP contribution in [-0.2, 0) is 5.41 Å². The maximum Gasteiger partial charge on any atom is 0.106 e. The SMILES string of the molecule is FC1[C@@H]2CC3C[C@H]1CC(c1ccccc1)(C3)C2. The summed E-state index contributed by atoms with van der Waals surface area (Å²) in [6.07, 6.45) is 5.34. The topological polar surface area (TPSA) is 0 Å². The molecule has 0 spiro atoms. The second-order valence-electron chi connectivity index (χ2n) is 6.56. The quantitative estimate of drug-likeness (QED) is 0.681. The van der Waals surface area contributed by atoms with Crippen LogP contribution in [0.2, 0.25) is 0 Å². The van der Waals surface area contributed by atoms with Gasteiger partial charge >= 0.3 is 0 Å². The van der Waals surface area contributed by atoms with Crippen LogP contribution in [0.1, 0.15) is 37.7 Å². The monoisotopic (exact) mass is 230 g/mol. The molecule has 4 aliphatic carbocycles. The number of hydrogen-bond donors (Lipinski definition) is 0. The smallest absolute Gasteiger partial charge is 0.106 e. The molecule has 4 aliphatic rings. The van der Waals surface area contributed by atoms with Gasteiger partial charge in [-0.15, -0.1) is 0 Å². The minimum absolute atomic E-state index is 0.334. The zero-order chi connectivity index (χ0) is 11.5. The Balaban J connectivity index is 1.76. The molecule has 90 valence electrons. The van der Waals surface area contributed by atoms with E-state index in [2.05, 4.69) is 30.3 Å². The van der Waals surface area contributed by atoms with Gasteiger partial charge in [-0.25, -0.2) is 4.39 Å². The Labute approximate surface area is 102 Å². The summed E-state index contributed by atoms with van der Waals surface area (Å²) in [5, 5.41) is 0. The van der Waals surface area contributed by atoms with Gasteiger partial charge in [-0.3, -0.25) is 0 Å². The van der Waals surface area contributed by atoms with Crippen molar-refractivity contribution < 1.29 is 4.39 Å². The lowest BCUT2D eigenvalue weighted by atomic mass is 9.47. The Bertz CT molecular complexity index is 408. The van der Waals surface area contributed by atoms with Crippen LogP contribution in [0.25, 0.3) is 0 Å². The fourth-order valence-electron chi connectivity index (χ4n) is 5.11. The Morgan fingerprint density at radius 1 is 0.941 bits per heavy atom. The van der Waals surface area contributed by atoms with E-state index >= 15 is 0 Å². The molecular formula is C16H19F. The van der Waals surface area contributed by atoms with Crippen molar-refractivity contribution in [1.29, 1.82) is 0 Å². The van der Waals surface area contributed by atoms with Gasteiger partial charge in [-0.2, -0.15) is 0 Å². The lowest BCUT2D eigenvalue weighted by molar-refractivity contribution is -0.0694. The summed E-state index contributed by atoms with van der Waals surface area (Å²) in [7, 11) is 0. The highest BCUT2D eigenvalue weighted by molar-refractivity contribution is 5.29. The molecule has 0 aliphatic heterocycles. The normalized spacial score (nSPS) is 47.4. The van der Waals surface area contributed by atoms with E-state index in [0.717, 1.165) is 31.6 Å². The van der Waals surface area contributed by atoms with Gasteiger partial charge < -0.3 is 0 Å². The summed E-state index contributed by atoms with van der Waals surface area (Å²) in [6.45, 7) is 0. The Morgan fingerprint density at radius 3 is 2.24 bits per heavy atom. The molecule has 1 aromatic rings. The number of halogens is 1. The maximum absolute atomic E-state index is 14.2. The fourth-order valence-corrected chi connectivity index (χ4v) is 5.11. The van der Waals surface area contributed by atoms with Gasteiger partial charge in [0.1, 0.15) is 6.17 Å². The number of benzene rings is 1. The predicted octanol–water partition coefficient (Wildman–Crippen LogP) is 4.10. The molecule has 0 radical (unpaired) electrons. The van der Waals surface area contributed by atoms with Crippen LogP contribution in [0.3, 0.4) is 0 Å². The van der Waals surface area contributed by atoms with Gasteiger partial charge in [-0.1, -0.05) is 30.3 Å². The molecule has 0 aromatic heterocycles. The number of hydrogen-bond acceptors (Lipinski definition) is 0. The molecule has 5 atom stereocenters. The van der Waals surface area contributed by atoms with Crippen LogP contribution >= 0.6 is 0 Å².